The first kappa shape index (κ1) is 14.0. The number of carbonyl (C=O) groups is 1. The number of rotatable bonds is 4. The number of halogens is 1. The van der Waals surface area contributed by atoms with Gasteiger partial charge in [-0.1, -0.05) is 6.92 Å². The molecule has 0 bridgehead atoms. The fourth-order valence-electron chi connectivity index (χ4n) is 2.15. The van der Waals surface area contributed by atoms with Crippen LogP contribution in [0.5, 0.6) is 0 Å². The molecule has 0 unspecified atom stereocenters. The fraction of sp³-hybridized carbons (Fsp3) is 0.615. The number of piperidine rings is 1. The van der Waals surface area contributed by atoms with Crippen LogP contribution in [0.25, 0.3) is 0 Å². The lowest BCUT2D eigenvalue weighted by molar-refractivity contribution is 0.0948. The molecule has 2 rings (SSSR count). The molecule has 1 amide bonds. The van der Waals surface area contributed by atoms with Crippen LogP contribution in [-0.2, 0) is 0 Å². The van der Waals surface area contributed by atoms with E-state index in [9.17, 15) is 4.79 Å². The smallest absolute Gasteiger partial charge is 0.262 e. The first-order valence-corrected chi connectivity index (χ1v) is 8.07. The van der Waals surface area contributed by atoms with E-state index in [0.717, 1.165) is 28.4 Å². The molecule has 1 saturated heterocycles. The molecule has 0 atom stereocenters. The Kier molecular flexibility index (Phi) is 5.21. The normalized spacial score (nSPS) is 17.9. The monoisotopic (exact) mass is 330 g/mol. The van der Waals surface area contributed by atoms with Gasteiger partial charge in [-0.05, 0) is 59.2 Å². The zero-order valence-electron chi connectivity index (χ0n) is 10.6. The van der Waals surface area contributed by atoms with Crippen molar-refractivity contribution in [1.29, 1.82) is 0 Å². The van der Waals surface area contributed by atoms with E-state index in [1.807, 2.05) is 11.4 Å². The van der Waals surface area contributed by atoms with Crippen LogP contribution in [0.2, 0.25) is 0 Å². The highest BCUT2D eigenvalue weighted by atomic mass is 79.9. The van der Waals surface area contributed by atoms with Crippen LogP contribution >= 0.6 is 27.3 Å². The van der Waals surface area contributed by atoms with Crippen LogP contribution in [0.4, 0.5) is 0 Å². The molecule has 1 aliphatic rings. The molecular formula is C13H19BrN2OS. The zero-order valence-corrected chi connectivity index (χ0v) is 13.0. The SMILES string of the molecule is CC1CCN(CCNC(=O)c2sccc2Br)CC1. The van der Waals surface area contributed by atoms with E-state index in [1.165, 1.54) is 37.3 Å². The summed E-state index contributed by atoms with van der Waals surface area (Å²) in [5, 5.41) is 4.91. The summed E-state index contributed by atoms with van der Waals surface area (Å²) in [7, 11) is 0. The van der Waals surface area contributed by atoms with Crippen molar-refractivity contribution in [1.82, 2.24) is 10.2 Å². The van der Waals surface area contributed by atoms with E-state index in [4.69, 9.17) is 0 Å². The Morgan fingerprint density at radius 1 is 1.56 bits per heavy atom. The van der Waals surface area contributed by atoms with Gasteiger partial charge in [0, 0.05) is 17.6 Å². The number of hydrogen-bond acceptors (Lipinski definition) is 3. The molecule has 0 saturated carbocycles. The molecule has 3 nitrogen and oxygen atoms in total. The highest BCUT2D eigenvalue weighted by Crippen LogP contribution is 2.22. The summed E-state index contributed by atoms with van der Waals surface area (Å²) in [6.45, 7) is 6.34. The second kappa shape index (κ2) is 6.68. The molecule has 1 aliphatic heterocycles. The second-order valence-electron chi connectivity index (χ2n) is 4.88. The molecule has 18 heavy (non-hydrogen) atoms. The summed E-state index contributed by atoms with van der Waals surface area (Å²) in [5.74, 6) is 0.889. The molecule has 0 aliphatic carbocycles. The number of thiophene rings is 1. The maximum atomic E-state index is 11.9. The first-order valence-electron chi connectivity index (χ1n) is 6.40. The first-order chi connectivity index (χ1) is 8.66. The van der Waals surface area contributed by atoms with Gasteiger partial charge in [0.05, 0.1) is 0 Å². The van der Waals surface area contributed by atoms with Crippen LogP contribution in [0.15, 0.2) is 15.9 Å². The molecule has 0 spiro atoms. The van der Waals surface area contributed by atoms with Crippen LogP contribution in [0.1, 0.15) is 29.4 Å². The number of nitrogens with one attached hydrogen (secondary N) is 1. The molecule has 1 N–H and O–H groups in total. The van der Waals surface area contributed by atoms with Gasteiger partial charge in [0.2, 0.25) is 0 Å². The Labute approximate surface area is 121 Å². The van der Waals surface area contributed by atoms with Gasteiger partial charge in [0.1, 0.15) is 4.88 Å². The number of likely N-dealkylation sites (tertiary alicyclic amines) is 1. The fourth-order valence-corrected chi connectivity index (χ4v) is 3.62. The van der Waals surface area contributed by atoms with E-state index in [2.05, 4.69) is 33.1 Å². The van der Waals surface area contributed by atoms with Crippen molar-refractivity contribution in [3.63, 3.8) is 0 Å². The van der Waals surface area contributed by atoms with Gasteiger partial charge >= 0.3 is 0 Å². The average molecular weight is 331 g/mol. The van der Waals surface area contributed by atoms with Crippen molar-refractivity contribution in [2.75, 3.05) is 26.2 Å². The van der Waals surface area contributed by atoms with Gasteiger partial charge in [-0.2, -0.15) is 0 Å². The summed E-state index contributed by atoms with van der Waals surface area (Å²) in [6.07, 6.45) is 2.56. The molecule has 0 radical (unpaired) electrons. The lowest BCUT2D eigenvalue weighted by Crippen LogP contribution is -2.39. The zero-order chi connectivity index (χ0) is 13.0. The number of nitrogens with zero attached hydrogens (tertiary/aromatic N) is 1. The quantitative estimate of drug-likeness (QED) is 0.920. The minimum Gasteiger partial charge on any atom is -0.350 e. The number of hydrogen-bond donors (Lipinski definition) is 1. The van der Waals surface area contributed by atoms with Gasteiger partial charge in [0.25, 0.3) is 5.91 Å². The van der Waals surface area contributed by atoms with Crippen LogP contribution < -0.4 is 5.32 Å². The third-order valence-corrected chi connectivity index (χ3v) is 5.25. The topological polar surface area (TPSA) is 32.3 Å². The second-order valence-corrected chi connectivity index (χ2v) is 6.65. The Balaban J connectivity index is 1.69. The molecule has 1 aromatic rings. The average Bonchev–Trinajstić information content (AvgIpc) is 2.78. The van der Waals surface area contributed by atoms with Gasteiger partial charge in [0.15, 0.2) is 0 Å². The Morgan fingerprint density at radius 2 is 2.28 bits per heavy atom. The largest absolute Gasteiger partial charge is 0.350 e. The molecule has 100 valence electrons. The standard InChI is InChI=1S/C13H19BrN2OS/c1-10-2-6-16(7-3-10)8-5-15-13(17)12-11(14)4-9-18-12/h4,9-10H,2-3,5-8H2,1H3,(H,15,17). The van der Waals surface area contributed by atoms with E-state index >= 15 is 0 Å². The highest BCUT2D eigenvalue weighted by molar-refractivity contribution is 9.10. The number of carbonyl (C=O) groups excluding carboxylic acids is 1. The molecule has 5 heteroatoms. The third-order valence-electron chi connectivity index (χ3n) is 3.41. The van der Waals surface area contributed by atoms with Crippen LogP contribution in [-0.4, -0.2) is 37.0 Å². The summed E-state index contributed by atoms with van der Waals surface area (Å²) >= 11 is 4.85. The lowest BCUT2D eigenvalue weighted by atomic mass is 9.99. The van der Waals surface area contributed by atoms with Crippen molar-refractivity contribution >= 4 is 33.2 Å². The molecule has 2 heterocycles. The van der Waals surface area contributed by atoms with Gasteiger partial charge in [-0.15, -0.1) is 11.3 Å². The minimum atomic E-state index is 0.0299. The van der Waals surface area contributed by atoms with Crippen molar-refractivity contribution in [3.8, 4) is 0 Å². The Morgan fingerprint density at radius 3 is 2.89 bits per heavy atom. The Bertz CT molecular complexity index is 399. The van der Waals surface area contributed by atoms with E-state index in [-0.39, 0.29) is 5.91 Å². The van der Waals surface area contributed by atoms with Gasteiger partial charge < -0.3 is 10.2 Å². The minimum absolute atomic E-state index is 0.0299. The van der Waals surface area contributed by atoms with Crippen molar-refractivity contribution in [2.45, 2.75) is 19.8 Å². The van der Waals surface area contributed by atoms with Crippen molar-refractivity contribution in [2.24, 2.45) is 5.92 Å². The van der Waals surface area contributed by atoms with E-state index in [1.54, 1.807) is 0 Å². The third kappa shape index (κ3) is 3.80. The number of amides is 1. The summed E-state index contributed by atoms with van der Waals surface area (Å²) < 4.78 is 0.886. The summed E-state index contributed by atoms with van der Waals surface area (Å²) in [4.78, 5) is 15.1. The molecule has 0 aromatic carbocycles. The molecule has 1 aromatic heterocycles. The predicted octanol–water partition coefficient (Wildman–Crippen LogP) is 2.97. The maximum absolute atomic E-state index is 11.9. The van der Waals surface area contributed by atoms with Gasteiger partial charge in [-0.3, -0.25) is 4.79 Å². The predicted molar refractivity (Wildman–Crippen MR) is 79.2 cm³/mol. The van der Waals surface area contributed by atoms with E-state index < -0.39 is 0 Å². The summed E-state index contributed by atoms with van der Waals surface area (Å²) in [6, 6.07) is 1.91. The molecule has 1 fully saturated rings. The van der Waals surface area contributed by atoms with Crippen LogP contribution in [0, 0.1) is 5.92 Å². The summed E-state index contributed by atoms with van der Waals surface area (Å²) in [5.41, 5.74) is 0. The van der Waals surface area contributed by atoms with Crippen LogP contribution in [0.3, 0.4) is 0 Å². The highest BCUT2D eigenvalue weighted by Gasteiger charge is 2.16. The lowest BCUT2D eigenvalue weighted by Gasteiger charge is -2.30. The maximum Gasteiger partial charge on any atom is 0.262 e. The van der Waals surface area contributed by atoms with Crippen molar-refractivity contribution in [3.05, 3.63) is 20.8 Å². The molecular weight excluding hydrogens is 312 g/mol. The van der Waals surface area contributed by atoms with Gasteiger partial charge in [-0.25, -0.2) is 0 Å². The van der Waals surface area contributed by atoms with Crippen molar-refractivity contribution < 1.29 is 4.79 Å². The van der Waals surface area contributed by atoms with E-state index in [0.29, 0.717) is 0 Å². The Hall–Kier alpha value is -0.390.